The monoisotopic (exact) mass is 311 g/mol. The van der Waals surface area contributed by atoms with Gasteiger partial charge in [-0.3, -0.25) is 4.99 Å². The number of guanidine groups is 1. The van der Waals surface area contributed by atoms with Crippen molar-refractivity contribution in [3.05, 3.63) is 65.7 Å². The molecule has 122 valence electrons. The Kier molecular flexibility index (Phi) is 6.48. The van der Waals surface area contributed by atoms with Crippen molar-refractivity contribution < 1.29 is 4.74 Å². The zero-order valence-electron chi connectivity index (χ0n) is 14.1. The molecule has 4 nitrogen and oxygen atoms in total. The van der Waals surface area contributed by atoms with Crippen LogP contribution in [0.25, 0.3) is 0 Å². The summed E-state index contributed by atoms with van der Waals surface area (Å²) in [6.07, 6.45) is 0.982. The molecule has 2 rings (SSSR count). The van der Waals surface area contributed by atoms with Crippen molar-refractivity contribution >= 4 is 5.96 Å². The Bertz CT molecular complexity index is 608. The number of nitrogens with one attached hydrogen (secondary N) is 1. The highest BCUT2D eigenvalue weighted by Gasteiger charge is 2.06. The lowest BCUT2D eigenvalue weighted by Crippen LogP contribution is -2.39. The first-order valence-electron chi connectivity index (χ1n) is 7.81. The second-order valence-electron chi connectivity index (χ2n) is 5.41. The van der Waals surface area contributed by atoms with Gasteiger partial charge in [0.15, 0.2) is 5.96 Å². The molecule has 0 heterocycles. The van der Waals surface area contributed by atoms with Gasteiger partial charge in [0, 0.05) is 27.2 Å². The maximum atomic E-state index is 5.19. The lowest BCUT2D eigenvalue weighted by atomic mass is 10.1. The number of methoxy groups -OCH3 is 1. The van der Waals surface area contributed by atoms with E-state index in [1.54, 1.807) is 7.11 Å². The Morgan fingerprint density at radius 1 is 1.04 bits per heavy atom. The molecule has 0 bridgehead atoms. The second-order valence-corrected chi connectivity index (χ2v) is 5.41. The topological polar surface area (TPSA) is 36.9 Å². The van der Waals surface area contributed by atoms with Crippen LogP contribution in [0.5, 0.6) is 5.75 Å². The molecule has 0 aliphatic heterocycles. The van der Waals surface area contributed by atoms with Crippen LogP contribution in [0, 0.1) is 0 Å². The Labute approximate surface area is 138 Å². The van der Waals surface area contributed by atoms with Crippen LogP contribution in [0.15, 0.2) is 59.6 Å². The van der Waals surface area contributed by atoms with Crippen molar-refractivity contribution in [3.8, 4) is 5.75 Å². The summed E-state index contributed by atoms with van der Waals surface area (Å²) in [5.74, 6) is 1.78. The largest absolute Gasteiger partial charge is 0.497 e. The molecule has 0 fully saturated rings. The fourth-order valence-electron chi connectivity index (χ4n) is 2.43. The number of hydrogen-bond acceptors (Lipinski definition) is 2. The van der Waals surface area contributed by atoms with Gasteiger partial charge >= 0.3 is 0 Å². The summed E-state index contributed by atoms with van der Waals surface area (Å²) >= 11 is 0. The molecule has 0 saturated heterocycles. The van der Waals surface area contributed by atoms with Crippen LogP contribution in [0.3, 0.4) is 0 Å². The average Bonchev–Trinajstić information content (AvgIpc) is 2.60. The smallest absolute Gasteiger partial charge is 0.193 e. The van der Waals surface area contributed by atoms with E-state index in [2.05, 4.69) is 51.6 Å². The summed E-state index contributed by atoms with van der Waals surface area (Å²) in [4.78, 5) is 6.47. The highest BCUT2D eigenvalue weighted by atomic mass is 16.5. The molecule has 4 heteroatoms. The van der Waals surface area contributed by atoms with Crippen molar-refractivity contribution in [1.82, 2.24) is 10.2 Å². The van der Waals surface area contributed by atoms with E-state index in [0.717, 1.165) is 31.2 Å². The molecule has 2 aromatic carbocycles. The molecule has 0 aliphatic rings. The summed E-state index contributed by atoms with van der Waals surface area (Å²) in [6, 6.07) is 18.6. The lowest BCUT2D eigenvalue weighted by Gasteiger charge is -2.22. The van der Waals surface area contributed by atoms with Gasteiger partial charge in [-0.15, -0.1) is 0 Å². The third kappa shape index (κ3) is 5.33. The van der Waals surface area contributed by atoms with Crippen LogP contribution >= 0.6 is 0 Å². The number of aliphatic imine (C=N–C) groups is 1. The molecule has 0 unspecified atom stereocenters. The fraction of sp³-hybridized carbons (Fsp3) is 0.316. The standard InChI is InChI=1S/C19H25N3O/c1-20-19(21-14-13-16-7-5-4-6-8-16)22(2)15-17-9-11-18(23-3)12-10-17/h4-12H,13-15H2,1-3H3,(H,20,21). The first-order valence-corrected chi connectivity index (χ1v) is 7.81. The predicted octanol–water partition coefficient (Wildman–Crippen LogP) is 2.95. The third-order valence-corrected chi connectivity index (χ3v) is 3.69. The minimum atomic E-state index is 0.801. The molecular weight excluding hydrogens is 286 g/mol. The van der Waals surface area contributed by atoms with Crippen LogP contribution in [0.4, 0.5) is 0 Å². The quantitative estimate of drug-likeness (QED) is 0.658. The summed E-state index contributed by atoms with van der Waals surface area (Å²) in [6.45, 7) is 1.67. The lowest BCUT2D eigenvalue weighted by molar-refractivity contribution is 0.414. The van der Waals surface area contributed by atoms with E-state index < -0.39 is 0 Å². The number of hydrogen-bond donors (Lipinski definition) is 1. The van der Waals surface area contributed by atoms with Gasteiger partial charge in [0.25, 0.3) is 0 Å². The van der Waals surface area contributed by atoms with Gasteiger partial charge < -0.3 is 15.0 Å². The Hall–Kier alpha value is -2.49. The summed E-state index contributed by atoms with van der Waals surface area (Å²) in [7, 11) is 5.54. The normalized spacial score (nSPS) is 11.2. The molecule has 0 radical (unpaired) electrons. The Balaban J connectivity index is 1.84. The predicted molar refractivity (Wildman–Crippen MR) is 96.0 cm³/mol. The SMILES string of the molecule is CN=C(NCCc1ccccc1)N(C)Cc1ccc(OC)cc1. The molecule has 0 amide bonds. The van der Waals surface area contributed by atoms with Gasteiger partial charge in [-0.2, -0.15) is 0 Å². The highest BCUT2D eigenvalue weighted by Crippen LogP contribution is 2.12. The fourth-order valence-corrected chi connectivity index (χ4v) is 2.43. The van der Waals surface area contributed by atoms with Gasteiger partial charge in [-0.25, -0.2) is 0 Å². The molecule has 1 N–H and O–H groups in total. The first-order chi connectivity index (χ1) is 11.2. The van der Waals surface area contributed by atoms with Gasteiger partial charge in [-0.1, -0.05) is 42.5 Å². The van der Waals surface area contributed by atoms with Gasteiger partial charge in [0.05, 0.1) is 7.11 Å². The molecule has 0 aromatic heterocycles. The minimum Gasteiger partial charge on any atom is -0.497 e. The Morgan fingerprint density at radius 3 is 2.35 bits per heavy atom. The van der Waals surface area contributed by atoms with Crippen LogP contribution in [0.2, 0.25) is 0 Å². The Morgan fingerprint density at radius 2 is 1.74 bits per heavy atom. The van der Waals surface area contributed by atoms with Crippen molar-refractivity contribution in [2.45, 2.75) is 13.0 Å². The molecular formula is C19H25N3O. The van der Waals surface area contributed by atoms with E-state index in [0.29, 0.717) is 0 Å². The first kappa shape index (κ1) is 16.9. The van der Waals surface area contributed by atoms with E-state index in [4.69, 9.17) is 4.74 Å². The highest BCUT2D eigenvalue weighted by molar-refractivity contribution is 5.79. The zero-order chi connectivity index (χ0) is 16.5. The molecule has 2 aromatic rings. The average molecular weight is 311 g/mol. The molecule has 0 saturated carbocycles. The third-order valence-electron chi connectivity index (χ3n) is 3.69. The van der Waals surface area contributed by atoms with E-state index in [9.17, 15) is 0 Å². The molecule has 0 atom stereocenters. The number of ether oxygens (including phenoxy) is 1. The number of benzene rings is 2. The van der Waals surface area contributed by atoms with Gasteiger partial charge in [-0.05, 0) is 29.7 Å². The van der Waals surface area contributed by atoms with E-state index >= 15 is 0 Å². The van der Waals surface area contributed by atoms with Crippen molar-refractivity contribution in [2.24, 2.45) is 4.99 Å². The molecule has 23 heavy (non-hydrogen) atoms. The maximum Gasteiger partial charge on any atom is 0.193 e. The van der Waals surface area contributed by atoms with E-state index in [-0.39, 0.29) is 0 Å². The van der Waals surface area contributed by atoms with Gasteiger partial charge in [0.1, 0.15) is 5.75 Å². The van der Waals surface area contributed by atoms with Crippen molar-refractivity contribution in [1.29, 1.82) is 0 Å². The summed E-state index contributed by atoms with van der Waals surface area (Å²) in [5, 5.41) is 3.41. The molecule has 0 spiro atoms. The minimum absolute atomic E-state index is 0.801. The van der Waals surface area contributed by atoms with E-state index in [1.807, 2.05) is 32.3 Å². The maximum absolute atomic E-state index is 5.19. The van der Waals surface area contributed by atoms with Crippen molar-refractivity contribution in [3.63, 3.8) is 0 Å². The zero-order valence-corrected chi connectivity index (χ0v) is 14.1. The van der Waals surface area contributed by atoms with E-state index in [1.165, 1.54) is 11.1 Å². The molecule has 0 aliphatic carbocycles. The van der Waals surface area contributed by atoms with Crippen molar-refractivity contribution in [2.75, 3.05) is 27.7 Å². The number of nitrogens with zero attached hydrogens (tertiary/aromatic N) is 2. The van der Waals surface area contributed by atoms with Crippen LogP contribution in [-0.4, -0.2) is 38.6 Å². The van der Waals surface area contributed by atoms with Gasteiger partial charge in [0.2, 0.25) is 0 Å². The van der Waals surface area contributed by atoms with Crippen LogP contribution in [0.1, 0.15) is 11.1 Å². The number of rotatable bonds is 6. The summed E-state index contributed by atoms with van der Waals surface area (Å²) in [5.41, 5.74) is 2.55. The van der Waals surface area contributed by atoms with Crippen LogP contribution in [-0.2, 0) is 13.0 Å². The van der Waals surface area contributed by atoms with Crippen LogP contribution < -0.4 is 10.1 Å². The summed E-state index contributed by atoms with van der Waals surface area (Å²) < 4.78 is 5.19. The second kappa shape index (κ2) is 8.83.